The lowest BCUT2D eigenvalue weighted by molar-refractivity contribution is 0.471. The minimum atomic E-state index is 0.110. The molecule has 0 saturated heterocycles. The quantitative estimate of drug-likeness (QED) is 0.818. The Labute approximate surface area is 123 Å². The lowest BCUT2D eigenvalue weighted by Crippen LogP contribution is -2.40. The van der Waals surface area contributed by atoms with E-state index in [9.17, 15) is 0 Å². The molecule has 0 bridgehead atoms. The molecule has 0 radical (unpaired) electrons. The van der Waals surface area contributed by atoms with Gasteiger partial charge in [0.05, 0.1) is 10.7 Å². The van der Waals surface area contributed by atoms with Crippen LogP contribution in [0.3, 0.4) is 0 Å². The van der Waals surface area contributed by atoms with E-state index in [0.29, 0.717) is 6.04 Å². The van der Waals surface area contributed by atoms with Crippen molar-refractivity contribution in [3.05, 3.63) is 28.8 Å². The monoisotopic (exact) mass is 282 g/mol. The van der Waals surface area contributed by atoms with Crippen molar-refractivity contribution in [2.24, 2.45) is 0 Å². The molecule has 0 aliphatic heterocycles. The van der Waals surface area contributed by atoms with Gasteiger partial charge in [0.1, 0.15) is 0 Å². The second-order valence-electron chi connectivity index (χ2n) is 5.72. The van der Waals surface area contributed by atoms with E-state index in [0.717, 1.165) is 23.7 Å². The molecule has 19 heavy (non-hydrogen) atoms. The summed E-state index contributed by atoms with van der Waals surface area (Å²) in [6.45, 7) is 11.9. The van der Waals surface area contributed by atoms with Gasteiger partial charge in [0.15, 0.2) is 0 Å². The molecule has 1 unspecified atom stereocenters. The highest BCUT2D eigenvalue weighted by Crippen LogP contribution is 2.33. The summed E-state index contributed by atoms with van der Waals surface area (Å²) >= 11 is 6.46. The second-order valence-corrected chi connectivity index (χ2v) is 6.12. The third-order valence-electron chi connectivity index (χ3n) is 4.12. The molecule has 1 rings (SSSR count). The molecular formula is C16H27ClN2. The van der Waals surface area contributed by atoms with Crippen molar-refractivity contribution in [2.45, 2.75) is 52.6 Å². The summed E-state index contributed by atoms with van der Waals surface area (Å²) in [6, 6.07) is 6.70. The van der Waals surface area contributed by atoms with E-state index in [1.165, 1.54) is 5.56 Å². The molecule has 0 saturated carbocycles. The van der Waals surface area contributed by atoms with Gasteiger partial charge in [0, 0.05) is 18.6 Å². The highest BCUT2D eigenvalue weighted by atomic mass is 35.5. The molecule has 1 aromatic rings. The molecule has 1 N–H and O–H groups in total. The van der Waals surface area contributed by atoms with Gasteiger partial charge in [-0.05, 0) is 51.4 Å². The molecule has 2 nitrogen and oxygen atoms in total. The van der Waals surface area contributed by atoms with Crippen LogP contribution in [-0.2, 0) is 0 Å². The molecule has 0 aliphatic rings. The third kappa shape index (κ3) is 3.87. The Morgan fingerprint density at radius 2 is 1.95 bits per heavy atom. The Morgan fingerprint density at radius 3 is 2.42 bits per heavy atom. The molecule has 0 heterocycles. The van der Waals surface area contributed by atoms with E-state index in [-0.39, 0.29) is 5.54 Å². The highest BCUT2D eigenvalue weighted by Gasteiger charge is 2.23. The zero-order valence-corrected chi connectivity index (χ0v) is 13.8. The smallest absolute Gasteiger partial charge is 0.0642 e. The van der Waals surface area contributed by atoms with Crippen LogP contribution in [-0.4, -0.2) is 19.1 Å². The number of nitrogens with zero attached hydrogens (tertiary/aromatic N) is 1. The van der Waals surface area contributed by atoms with Gasteiger partial charge >= 0.3 is 0 Å². The first-order chi connectivity index (χ1) is 8.83. The SMILES string of the molecule is CCNC(C)c1ccc(N(C)C(C)(C)CC)c(Cl)c1. The molecule has 1 aromatic carbocycles. The van der Waals surface area contributed by atoms with Crippen molar-refractivity contribution in [3.63, 3.8) is 0 Å². The molecule has 1 atom stereocenters. The van der Waals surface area contributed by atoms with Crippen LogP contribution in [0.15, 0.2) is 18.2 Å². The maximum atomic E-state index is 6.46. The standard InChI is InChI=1S/C16H27ClN2/c1-7-16(4,5)19(6)15-10-9-13(11-14(15)17)12(3)18-8-2/h9-12,18H,7-8H2,1-6H3. The fraction of sp³-hybridized carbons (Fsp3) is 0.625. The van der Waals surface area contributed by atoms with Crippen LogP contribution in [0.2, 0.25) is 5.02 Å². The fourth-order valence-corrected chi connectivity index (χ4v) is 2.37. The van der Waals surface area contributed by atoms with Gasteiger partial charge in [-0.15, -0.1) is 0 Å². The number of anilines is 1. The van der Waals surface area contributed by atoms with Crippen LogP contribution in [0.4, 0.5) is 5.69 Å². The Morgan fingerprint density at radius 1 is 1.32 bits per heavy atom. The minimum absolute atomic E-state index is 0.110. The molecule has 0 aromatic heterocycles. The normalized spacial score (nSPS) is 13.4. The number of nitrogens with one attached hydrogen (secondary N) is 1. The number of benzene rings is 1. The Hall–Kier alpha value is -0.730. The van der Waals surface area contributed by atoms with Gasteiger partial charge in [0.25, 0.3) is 0 Å². The zero-order valence-electron chi connectivity index (χ0n) is 13.0. The van der Waals surface area contributed by atoms with E-state index in [4.69, 9.17) is 11.6 Å². The number of rotatable bonds is 6. The molecule has 0 aliphatic carbocycles. The number of hydrogen-bond donors (Lipinski definition) is 1. The largest absolute Gasteiger partial charge is 0.368 e. The maximum Gasteiger partial charge on any atom is 0.0642 e. The number of halogens is 1. The molecule has 0 spiro atoms. The van der Waals surface area contributed by atoms with Gasteiger partial charge < -0.3 is 10.2 Å². The van der Waals surface area contributed by atoms with E-state index < -0.39 is 0 Å². The van der Waals surface area contributed by atoms with Crippen molar-refractivity contribution in [2.75, 3.05) is 18.5 Å². The van der Waals surface area contributed by atoms with Crippen molar-refractivity contribution in [3.8, 4) is 0 Å². The topological polar surface area (TPSA) is 15.3 Å². The van der Waals surface area contributed by atoms with Gasteiger partial charge in [-0.2, -0.15) is 0 Å². The lowest BCUT2D eigenvalue weighted by Gasteiger charge is -2.37. The third-order valence-corrected chi connectivity index (χ3v) is 4.42. The van der Waals surface area contributed by atoms with Crippen molar-refractivity contribution < 1.29 is 0 Å². The first-order valence-corrected chi connectivity index (χ1v) is 7.48. The molecule has 0 amide bonds. The summed E-state index contributed by atoms with van der Waals surface area (Å²) in [7, 11) is 2.11. The van der Waals surface area contributed by atoms with Gasteiger partial charge in [-0.25, -0.2) is 0 Å². The lowest BCUT2D eigenvalue weighted by atomic mass is 9.98. The van der Waals surface area contributed by atoms with Gasteiger partial charge in [-0.3, -0.25) is 0 Å². The first-order valence-electron chi connectivity index (χ1n) is 7.10. The van der Waals surface area contributed by atoms with Gasteiger partial charge in [-0.1, -0.05) is 31.5 Å². The average Bonchev–Trinajstić information content (AvgIpc) is 2.38. The molecule has 3 heteroatoms. The maximum absolute atomic E-state index is 6.46. The summed E-state index contributed by atoms with van der Waals surface area (Å²) in [6.07, 6.45) is 1.08. The summed E-state index contributed by atoms with van der Waals surface area (Å²) in [5.41, 5.74) is 2.44. The van der Waals surface area contributed by atoms with E-state index >= 15 is 0 Å². The van der Waals surface area contributed by atoms with Crippen molar-refractivity contribution in [1.82, 2.24) is 5.32 Å². The zero-order chi connectivity index (χ0) is 14.6. The van der Waals surface area contributed by atoms with Crippen LogP contribution < -0.4 is 10.2 Å². The summed E-state index contributed by atoms with van der Waals surface area (Å²) in [4.78, 5) is 2.26. The summed E-state index contributed by atoms with van der Waals surface area (Å²) < 4.78 is 0. The van der Waals surface area contributed by atoms with E-state index in [1.54, 1.807) is 0 Å². The second kappa shape index (κ2) is 6.62. The molecular weight excluding hydrogens is 256 g/mol. The van der Waals surface area contributed by atoms with Crippen LogP contribution >= 0.6 is 11.6 Å². The van der Waals surface area contributed by atoms with E-state index in [2.05, 4.69) is 70.1 Å². The van der Waals surface area contributed by atoms with Crippen molar-refractivity contribution >= 4 is 17.3 Å². The predicted octanol–water partition coefficient (Wildman–Crippen LogP) is 4.64. The highest BCUT2D eigenvalue weighted by molar-refractivity contribution is 6.33. The van der Waals surface area contributed by atoms with Crippen LogP contribution in [0.5, 0.6) is 0 Å². The fourth-order valence-electron chi connectivity index (χ4n) is 2.05. The first kappa shape index (κ1) is 16.3. The predicted molar refractivity (Wildman–Crippen MR) is 86.3 cm³/mol. The Balaban J connectivity index is 3.01. The van der Waals surface area contributed by atoms with Gasteiger partial charge in [0.2, 0.25) is 0 Å². The minimum Gasteiger partial charge on any atom is -0.368 e. The summed E-state index contributed by atoms with van der Waals surface area (Å²) in [5, 5.41) is 4.23. The Kier molecular flexibility index (Phi) is 5.69. The molecule has 0 fully saturated rings. The number of hydrogen-bond acceptors (Lipinski definition) is 2. The van der Waals surface area contributed by atoms with Crippen molar-refractivity contribution in [1.29, 1.82) is 0 Å². The van der Waals surface area contributed by atoms with Crippen LogP contribution in [0.1, 0.15) is 52.6 Å². The average molecular weight is 283 g/mol. The molecule has 108 valence electrons. The van der Waals surface area contributed by atoms with Crippen LogP contribution in [0, 0.1) is 0 Å². The summed E-state index contributed by atoms with van der Waals surface area (Å²) in [5.74, 6) is 0. The van der Waals surface area contributed by atoms with E-state index in [1.807, 2.05) is 0 Å². The Bertz CT molecular complexity index is 415. The van der Waals surface area contributed by atoms with Crippen LogP contribution in [0.25, 0.3) is 0 Å².